The second kappa shape index (κ2) is 6.07. The maximum atomic E-state index is 13.1. The zero-order valence-electron chi connectivity index (χ0n) is 15.9. The van der Waals surface area contributed by atoms with Gasteiger partial charge in [0.1, 0.15) is 0 Å². The molecule has 1 aliphatic heterocycles. The molecule has 2 aromatic rings. The maximum Gasteiger partial charge on any atom is 0.327 e. The van der Waals surface area contributed by atoms with E-state index in [0.717, 1.165) is 16.9 Å². The number of nitrogens with zero attached hydrogens (tertiary/aromatic N) is 1. The van der Waals surface area contributed by atoms with Crippen molar-refractivity contribution in [1.29, 1.82) is 0 Å². The van der Waals surface area contributed by atoms with Gasteiger partial charge in [-0.25, -0.2) is 4.79 Å². The molecule has 1 heterocycles. The van der Waals surface area contributed by atoms with Gasteiger partial charge in [0.25, 0.3) is 0 Å². The van der Waals surface area contributed by atoms with E-state index in [2.05, 4.69) is 58.1 Å². The summed E-state index contributed by atoms with van der Waals surface area (Å²) in [5, 5.41) is 3.04. The van der Waals surface area contributed by atoms with Crippen molar-refractivity contribution in [2.45, 2.75) is 47.1 Å². The third kappa shape index (κ3) is 3.19. The van der Waals surface area contributed by atoms with Crippen molar-refractivity contribution in [2.24, 2.45) is 0 Å². The Hall–Kier alpha value is -2.55. The summed E-state index contributed by atoms with van der Waals surface area (Å²) in [6.45, 7) is 12.5. The lowest BCUT2D eigenvalue weighted by atomic mass is 9.87. The Morgan fingerprint density at radius 1 is 0.960 bits per heavy atom. The number of aryl methyl sites for hydroxylation is 3. The number of anilines is 2. The number of amides is 2. The highest BCUT2D eigenvalue weighted by Gasteiger charge is 2.36. The molecular weight excluding hydrogens is 308 g/mol. The molecule has 1 N–H and O–H groups in total. The summed E-state index contributed by atoms with van der Waals surface area (Å²) in [6, 6.07) is 12.1. The number of rotatable bonds is 1. The normalized spacial score (nSPS) is 15.4. The van der Waals surface area contributed by atoms with Crippen LogP contribution in [0, 0.1) is 20.8 Å². The molecule has 1 aliphatic rings. The molecule has 0 atom stereocenters. The third-order valence-electron chi connectivity index (χ3n) is 4.93. The Morgan fingerprint density at radius 3 is 2.20 bits per heavy atom. The number of fused-ring (bicyclic) bond motifs is 1. The van der Waals surface area contributed by atoms with Crippen LogP contribution in [0.5, 0.6) is 0 Å². The van der Waals surface area contributed by atoms with Crippen LogP contribution in [-0.2, 0) is 0 Å². The van der Waals surface area contributed by atoms with Crippen LogP contribution in [0.25, 0.3) is 5.57 Å². The van der Waals surface area contributed by atoms with Crippen molar-refractivity contribution >= 4 is 23.0 Å². The fourth-order valence-corrected chi connectivity index (χ4v) is 3.47. The van der Waals surface area contributed by atoms with E-state index >= 15 is 0 Å². The number of benzene rings is 2. The molecule has 0 bridgehead atoms. The molecule has 0 spiro atoms. The smallest absolute Gasteiger partial charge is 0.308 e. The minimum atomic E-state index is -0.395. The highest BCUT2D eigenvalue weighted by atomic mass is 16.2. The number of hydrogen-bond acceptors (Lipinski definition) is 1. The summed E-state index contributed by atoms with van der Waals surface area (Å²) in [5.41, 5.74) is 7.33. The quantitative estimate of drug-likeness (QED) is 0.697. The molecule has 2 aromatic carbocycles. The van der Waals surface area contributed by atoms with E-state index in [4.69, 9.17) is 0 Å². The van der Waals surface area contributed by atoms with Gasteiger partial charge in [-0.2, -0.15) is 0 Å². The molecule has 2 amide bonds. The molecule has 0 unspecified atom stereocenters. The molecule has 130 valence electrons. The standard InChI is InChI=1S/C22H26N2O/c1-14-7-9-18(10-8-14)23-21(25)24-20-12-16(3)15(2)11-19(20)17(4)13-22(24,5)6/h7-13H,1-6H3,(H,23,25). The van der Waals surface area contributed by atoms with Gasteiger partial charge in [-0.3, -0.25) is 4.90 Å². The van der Waals surface area contributed by atoms with E-state index < -0.39 is 5.54 Å². The summed E-state index contributed by atoms with van der Waals surface area (Å²) in [7, 11) is 0. The number of hydrogen-bond donors (Lipinski definition) is 1. The number of nitrogens with one attached hydrogen (secondary N) is 1. The maximum absolute atomic E-state index is 13.1. The van der Waals surface area contributed by atoms with Crippen LogP contribution in [0.2, 0.25) is 0 Å². The Morgan fingerprint density at radius 2 is 1.56 bits per heavy atom. The molecule has 25 heavy (non-hydrogen) atoms. The molecule has 0 aromatic heterocycles. The van der Waals surface area contributed by atoms with Gasteiger partial charge in [0.2, 0.25) is 0 Å². The van der Waals surface area contributed by atoms with Gasteiger partial charge in [0.15, 0.2) is 0 Å². The highest BCUT2D eigenvalue weighted by molar-refractivity contribution is 6.06. The molecule has 0 saturated carbocycles. The second-order valence-corrected chi connectivity index (χ2v) is 7.57. The van der Waals surface area contributed by atoms with Crippen LogP contribution < -0.4 is 10.2 Å². The minimum Gasteiger partial charge on any atom is -0.308 e. The lowest BCUT2D eigenvalue weighted by Crippen LogP contribution is -2.50. The first-order chi connectivity index (χ1) is 11.7. The van der Waals surface area contributed by atoms with Crippen LogP contribution in [-0.4, -0.2) is 11.6 Å². The third-order valence-corrected chi connectivity index (χ3v) is 4.93. The number of carbonyl (C=O) groups is 1. The molecular formula is C22H26N2O. The van der Waals surface area contributed by atoms with Crippen LogP contribution in [0.4, 0.5) is 16.2 Å². The second-order valence-electron chi connectivity index (χ2n) is 7.57. The van der Waals surface area contributed by atoms with Crippen molar-refractivity contribution in [1.82, 2.24) is 0 Å². The van der Waals surface area contributed by atoms with E-state index in [9.17, 15) is 4.79 Å². The van der Waals surface area contributed by atoms with Crippen molar-refractivity contribution < 1.29 is 4.79 Å². The summed E-state index contributed by atoms with van der Waals surface area (Å²) < 4.78 is 0. The first-order valence-corrected chi connectivity index (χ1v) is 8.68. The first-order valence-electron chi connectivity index (χ1n) is 8.68. The van der Waals surface area contributed by atoms with Gasteiger partial charge in [0.05, 0.1) is 11.2 Å². The average molecular weight is 334 g/mol. The number of allylic oxidation sites excluding steroid dienone is 1. The van der Waals surface area contributed by atoms with E-state index in [1.807, 2.05) is 36.1 Å². The first kappa shape index (κ1) is 17.3. The van der Waals surface area contributed by atoms with Gasteiger partial charge in [0, 0.05) is 11.3 Å². The molecule has 0 saturated heterocycles. The lowest BCUT2D eigenvalue weighted by molar-refractivity contribution is 0.253. The lowest BCUT2D eigenvalue weighted by Gasteiger charge is -2.41. The van der Waals surface area contributed by atoms with Crippen molar-refractivity contribution in [3.63, 3.8) is 0 Å². The van der Waals surface area contributed by atoms with Gasteiger partial charge in [-0.05, 0) is 82.5 Å². The molecule has 0 radical (unpaired) electrons. The largest absolute Gasteiger partial charge is 0.327 e. The molecule has 0 aliphatic carbocycles. The summed E-state index contributed by atoms with van der Waals surface area (Å²) >= 11 is 0. The fraction of sp³-hybridized carbons (Fsp3) is 0.318. The van der Waals surface area contributed by atoms with Crippen molar-refractivity contribution in [3.8, 4) is 0 Å². The molecule has 3 heteroatoms. The van der Waals surface area contributed by atoms with Crippen molar-refractivity contribution in [3.05, 3.63) is 64.7 Å². The van der Waals surface area contributed by atoms with Gasteiger partial charge < -0.3 is 5.32 Å². The fourth-order valence-electron chi connectivity index (χ4n) is 3.47. The van der Waals surface area contributed by atoms with Crippen LogP contribution >= 0.6 is 0 Å². The predicted molar refractivity (Wildman–Crippen MR) is 106 cm³/mol. The van der Waals surface area contributed by atoms with Crippen LogP contribution in [0.3, 0.4) is 0 Å². The molecule has 3 rings (SSSR count). The summed E-state index contributed by atoms with van der Waals surface area (Å²) in [6.07, 6.45) is 2.17. The van der Waals surface area contributed by atoms with Gasteiger partial charge in [-0.1, -0.05) is 23.8 Å². The predicted octanol–water partition coefficient (Wildman–Crippen LogP) is 5.85. The Kier molecular flexibility index (Phi) is 4.19. The molecule has 3 nitrogen and oxygen atoms in total. The summed E-state index contributed by atoms with van der Waals surface area (Å²) in [4.78, 5) is 15.0. The highest BCUT2D eigenvalue weighted by Crippen LogP contribution is 2.40. The van der Waals surface area contributed by atoms with E-state index in [0.29, 0.717) is 0 Å². The van der Waals surface area contributed by atoms with Gasteiger partial charge >= 0.3 is 6.03 Å². The Labute approximate surface area is 150 Å². The summed E-state index contributed by atoms with van der Waals surface area (Å²) in [5.74, 6) is 0. The van der Waals surface area contributed by atoms with E-state index in [1.54, 1.807) is 0 Å². The average Bonchev–Trinajstić information content (AvgIpc) is 2.51. The van der Waals surface area contributed by atoms with Crippen molar-refractivity contribution in [2.75, 3.05) is 10.2 Å². The van der Waals surface area contributed by atoms with Crippen LogP contribution in [0.1, 0.15) is 43.0 Å². The minimum absolute atomic E-state index is 0.109. The zero-order chi connectivity index (χ0) is 18.4. The SMILES string of the molecule is CC1=CC(C)(C)N(C(=O)Nc2ccc(C)cc2)c2cc(C)c(C)cc21. The number of carbonyl (C=O) groups excluding carboxylic acids is 1. The van der Waals surface area contributed by atoms with Crippen LogP contribution in [0.15, 0.2) is 42.5 Å². The Balaban J connectivity index is 2.03. The zero-order valence-corrected chi connectivity index (χ0v) is 15.9. The van der Waals surface area contributed by atoms with Gasteiger partial charge in [-0.15, -0.1) is 0 Å². The van der Waals surface area contributed by atoms with E-state index in [1.165, 1.54) is 22.3 Å². The molecule has 0 fully saturated rings. The van der Waals surface area contributed by atoms with E-state index in [-0.39, 0.29) is 6.03 Å². The number of urea groups is 1. The monoisotopic (exact) mass is 334 g/mol. The topological polar surface area (TPSA) is 32.3 Å². The Bertz CT molecular complexity index is 860.